The van der Waals surface area contributed by atoms with Gasteiger partial charge in [0.2, 0.25) is 0 Å². The lowest BCUT2D eigenvalue weighted by Crippen LogP contribution is -2.35. The van der Waals surface area contributed by atoms with Gasteiger partial charge in [0.1, 0.15) is 0 Å². The summed E-state index contributed by atoms with van der Waals surface area (Å²) >= 11 is 0. The zero-order valence-corrected chi connectivity index (χ0v) is 10.7. The van der Waals surface area contributed by atoms with Crippen LogP contribution in [-0.2, 0) is 9.59 Å². The Morgan fingerprint density at radius 3 is 1.94 bits per heavy atom. The highest BCUT2D eigenvalue weighted by atomic mass is 16.4. The van der Waals surface area contributed by atoms with Gasteiger partial charge < -0.3 is 10.2 Å². The van der Waals surface area contributed by atoms with E-state index in [1.165, 1.54) is 20.8 Å². The largest absolute Gasteiger partial charge is 0.479 e. The minimum Gasteiger partial charge on any atom is -0.479 e. The van der Waals surface area contributed by atoms with E-state index in [0.717, 1.165) is 6.42 Å². The van der Waals surface area contributed by atoms with Crippen LogP contribution in [0, 0.1) is 0 Å². The average Bonchev–Trinajstić information content (AvgIpc) is 2.23. The van der Waals surface area contributed by atoms with Crippen molar-refractivity contribution in [1.82, 2.24) is 0 Å². The van der Waals surface area contributed by atoms with E-state index in [0.29, 0.717) is 12.8 Å². The molecule has 1 unspecified atom stereocenters. The molecule has 0 saturated carbocycles. The van der Waals surface area contributed by atoms with E-state index >= 15 is 0 Å². The van der Waals surface area contributed by atoms with Crippen LogP contribution in [0.25, 0.3) is 0 Å². The van der Waals surface area contributed by atoms with Crippen LogP contribution in [0.1, 0.15) is 47.0 Å². The zero-order chi connectivity index (χ0) is 13.7. The lowest BCUT2D eigenvalue weighted by atomic mass is 9.96. The first-order chi connectivity index (χ1) is 7.65. The number of aliphatic carboxylic acids is 2. The molecule has 0 aromatic carbocycles. The third-order valence-electron chi connectivity index (χ3n) is 2.52. The number of carboxylic acid groups (broad SMARTS) is 2. The molecule has 0 radical (unpaired) electrons. The molecule has 0 spiro atoms. The van der Waals surface area contributed by atoms with Crippen LogP contribution < -0.4 is 0 Å². The summed E-state index contributed by atoms with van der Waals surface area (Å²) in [5.74, 6) is -2.22. The Kier molecular flexibility index (Phi) is 5.25. The number of carboxylic acids is 2. The van der Waals surface area contributed by atoms with Gasteiger partial charge in [-0.2, -0.15) is 10.2 Å². The third kappa shape index (κ3) is 4.50. The van der Waals surface area contributed by atoms with Crippen molar-refractivity contribution in [1.29, 1.82) is 0 Å². The predicted octanol–water partition coefficient (Wildman–Crippen LogP) is 2.34. The molecule has 17 heavy (non-hydrogen) atoms. The van der Waals surface area contributed by atoms with Crippen molar-refractivity contribution in [2.24, 2.45) is 10.2 Å². The summed E-state index contributed by atoms with van der Waals surface area (Å²) in [5.41, 5.74) is -2.74. The predicted molar refractivity (Wildman–Crippen MR) is 62.1 cm³/mol. The van der Waals surface area contributed by atoms with Gasteiger partial charge in [-0.15, -0.1) is 0 Å². The summed E-state index contributed by atoms with van der Waals surface area (Å²) in [6, 6.07) is 0. The molecule has 2 N–H and O–H groups in total. The number of rotatable bonds is 7. The summed E-state index contributed by atoms with van der Waals surface area (Å²) in [4.78, 5) is 21.9. The standard InChI is InChI=1S/C11H20N2O4/c1-5-6-7-11(4,9(16)17)13-12-10(2,3)8(14)15/h5-7H2,1-4H3,(H,14,15)(H,16,17). The van der Waals surface area contributed by atoms with Crippen LogP contribution in [0.5, 0.6) is 0 Å². The molecule has 0 aromatic heterocycles. The van der Waals surface area contributed by atoms with E-state index in [1.54, 1.807) is 0 Å². The second-order valence-corrected chi connectivity index (χ2v) is 4.75. The Balaban J connectivity index is 4.94. The van der Waals surface area contributed by atoms with E-state index in [4.69, 9.17) is 10.2 Å². The van der Waals surface area contributed by atoms with E-state index in [2.05, 4.69) is 10.2 Å². The van der Waals surface area contributed by atoms with Crippen molar-refractivity contribution < 1.29 is 19.8 Å². The lowest BCUT2D eigenvalue weighted by molar-refractivity contribution is -0.145. The van der Waals surface area contributed by atoms with Gasteiger partial charge in [0.25, 0.3) is 0 Å². The van der Waals surface area contributed by atoms with E-state index in [1.807, 2.05) is 6.92 Å². The molecule has 0 aliphatic heterocycles. The van der Waals surface area contributed by atoms with E-state index in [9.17, 15) is 9.59 Å². The third-order valence-corrected chi connectivity index (χ3v) is 2.52. The van der Waals surface area contributed by atoms with Crippen molar-refractivity contribution in [3.8, 4) is 0 Å². The van der Waals surface area contributed by atoms with Crippen LogP contribution in [0.3, 0.4) is 0 Å². The molecule has 98 valence electrons. The summed E-state index contributed by atoms with van der Waals surface area (Å²) in [6.07, 6.45) is 1.90. The summed E-state index contributed by atoms with van der Waals surface area (Å²) in [5, 5.41) is 25.3. The van der Waals surface area contributed by atoms with Gasteiger partial charge in [-0.25, -0.2) is 9.59 Å². The van der Waals surface area contributed by atoms with Crippen molar-refractivity contribution in [2.45, 2.75) is 58.0 Å². The molecule has 0 saturated heterocycles. The smallest absolute Gasteiger partial charge is 0.333 e. The van der Waals surface area contributed by atoms with Crippen molar-refractivity contribution in [2.75, 3.05) is 0 Å². The zero-order valence-electron chi connectivity index (χ0n) is 10.7. The SMILES string of the molecule is CCCCC(C)(N=NC(C)(C)C(=O)O)C(=O)O. The fourth-order valence-electron chi connectivity index (χ4n) is 0.999. The van der Waals surface area contributed by atoms with Gasteiger partial charge >= 0.3 is 11.9 Å². The van der Waals surface area contributed by atoms with Gasteiger partial charge in [0, 0.05) is 0 Å². The van der Waals surface area contributed by atoms with Gasteiger partial charge in [0.05, 0.1) is 0 Å². The van der Waals surface area contributed by atoms with Crippen LogP contribution in [0.15, 0.2) is 10.2 Å². The van der Waals surface area contributed by atoms with Crippen LogP contribution in [-0.4, -0.2) is 33.2 Å². The van der Waals surface area contributed by atoms with E-state index < -0.39 is 23.0 Å². The molecule has 6 heteroatoms. The molecule has 0 heterocycles. The molecule has 6 nitrogen and oxygen atoms in total. The molecule has 0 amide bonds. The quantitative estimate of drug-likeness (QED) is 0.671. The Morgan fingerprint density at radius 2 is 1.59 bits per heavy atom. The highest BCUT2D eigenvalue weighted by Gasteiger charge is 2.35. The van der Waals surface area contributed by atoms with Crippen LogP contribution >= 0.6 is 0 Å². The second kappa shape index (κ2) is 5.75. The maximum absolute atomic E-state index is 11.1. The first-order valence-corrected chi connectivity index (χ1v) is 5.56. The fourth-order valence-corrected chi connectivity index (χ4v) is 0.999. The fraction of sp³-hybridized carbons (Fsp3) is 0.818. The summed E-state index contributed by atoms with van der Waals surface area (Å²) < 4.78 is 0. The van der Waals surface area contributed by atoms with Crippen molar-refractivity contribution in [3.05, 3.63) is 0 Å². The van der Waals surface area contributed by atoms with Gasteiger partial charge in [-0.1, -0.05) is 19.8 Å². The first kappa shape index (κ1) is 15.5. The average molecular weight is 244 g/mol. The highest BCUT2D eigenvalue weighted by molar-refractivity contribution is 5.79. The Bertz CT molecular complexity index is 325. The Labute approximate surface area is 101 Å². The maximum Gasteiger partial charge on any atom is 0.333 e. The molecule has 0 aliphatic carbocycles. The number of carbonyl (C=O) groups is 2. The van der Waals surface area contributed by atoms with Gasteiger partial charge in [0.15, 0.2) is 11.1 Å². The number of nitrogens with zero attached hydrogens (tertiary/aromatic N) is 2. The monoisotopic (exact) mass is 244 g/mol. The van der Waals surface area contributed by atoms with Crippen molar-refractivity contribution >= 4 is 11.9 Å². The normalized spacial score (nSPS) is 15.8. The number of azo groups is 1. The van der Waals surface area contributed by atoms with Gasteiger partial charge in [-0.05, 0) is 27.2 Å². The van der Waals surface area contributed by atoms with Crippen LogP contribution in [0.2, 0.25) is 0 Å². The lowest BCUT2D eigenvalue weighted by Gasteiger charge is -2.20. The molecule has 0 aromatic rings. The summed E-state index contributed by atoms with van der Waals surface area (Å²) in [6.45, 7) is 6.15. The van der Waals surface area contributed by atoms with E-state index in [-0.39, 0.29) is 0 Å². The molecular weight excluding hydrogens is 224 g/mol. The molecule has 0 bridgehead atoms. The topological polar surface area (TPSA) is 99.3 Å². The number of unbranched alkanes of at least 4 members (excludes halogenated alkanes) is 1. The molecule has 0 fully saturated rings. The first-order valence-electron chi connectivity index (χ1n) is 5.56. The van der Waals surface area contributed by atoms with Crippen molar-refractivity contribution in [3.63, 3.8) is 0 Å². The molecule has 0 rings (SSSR count). The molecular formula is C11H20N2O4. The minimum absolute atomic E-state index is 0.345. The van der Waals surface area contributed by atoms with Gasteiger partial charge in [-0.3, -0.25) is 0 Å². The molecule has 0 aliphatic rings. The maximum atomic E-state index is 11.1. The summed E-state index contributed by atoms with van der Waals surface area (Å²) in [7, 11) is 0. The number of hydrogen-bond acceptors (Lipinski definition) is 4. The number of hydrogen-bond donors (Lipinski definition) is 2. The molecule has 1 atom stereocenters. The van der Waals surface area contributed by atoms with Crippen LogP contribution in [0.4, 0.5) is 0 Å². The highest BCUT2D eigenvalue weighted by Crippen LogP contribution is 2.22. The minimum atomic E-state index is -1.40. The second-order valence-electron chi connectivity index (χ2n) is 4.75. The Hall–Kier alpha value is -1.46. The Morgan fingerprint density at radius 1 is 1.06 bits per heavy atom.